The SMILES string of the molecule is Brc1cccc(-c2ccccc2-c2cc3ccccc3c3ccccc23)c1. The predicted octanol–water partition coefficient (Wildman–Crippen LogP) is 8.09. The second-order valence-electron chi connectivity index (χ2n) is 6.75. The number of rotatable bonds is 2. The van der Waals surface area contributed by atoms with E-state index in [-0.39, 0.29) is 0 Å². The van der Waals surface area contributed by atoms with Gasteiger partial charge in [0, 0.05) is 4.47 Å². The highest BCUT2D eigenvalue weighted by Gasteiger charge is 2.12. The lowest BCUT2D eigenvalue weighted by Gasteiger charge is -2.15. The Morgan fingerprint density at radius 3 is 1.93 bits per heavy atom. The summed E-state index contributed by atoms with van der Waals surface area (Å²) in [6.45, 7) is 0. The van der Waals surface area contributed by atoms with Crippen molar-refractivity contribution < 1.29 is 0 Å². The van der Waals surface area contributed by atoms with Crippen LogP contribution in [0.2, 0.25) is 0 Å². The molecule has 0 aliphatic heterocycles. The highest BCUT2D eigenvalue weighted by molar-refractivity contribution is 9.10. The van der Waals surface area contributed by atoms with Gasteiger partial charge in [-0.3, -0.25) is 0 Å². The summed E-state index contributed by atoms with van der Waals surface area (Å²) in [6.07, 6.45) is 0. The summed E-state index contributed by atoms with van der Waals surface area (Å²) in [7, 11) is 0. The van der Waals surface area contributed by atoms with Gasteiger partial charge in [-0.25, -0.2) is 0 Å². The molecule has 27 heavy (non-hydrogen) atoms. The van der Waals surface area contributed by atoms with Crippen molar-refractivity contribution in [3.05, 3.63) is 108 Å². The van der Waals surface area contributed by atoms with E-state index >= 15 is 0 Å². The number of benzene rings is 5. The summed E-state index contributed by atoms with van der Waals surface area (Å²) < 4.78 is 1.10. The van der Waals surface area contributed by atoms with E-state index in [2.05, 4.69) is 119 Å². The molecule has 0 N–H and O–H groups in total. The molecule has 0 aliphatic rings. The molecule has 0 fully saturated rings. The fraction of sp³-hybridized carbons (Fsp3) is 0. The van der Waals surface area contributed by atoms with E-state index in [1.165, 1.54) is 43.8 Å². The van der Waals surface area contributed by atoms with Crippen molar-refractivity contribution in [2.45, 2.75) is 0 Å². The average Bonchev–Trinajstić information content (AvgIpc) is 2.73. The molecule has 0 radical (unpaired) electrons. The first kappa shape index (κ1) is 16.3. The van der Waals surface area contributed by atoms with Crippen molar-refractivity contribution >= 4 is 37.5 Å². The molecular formula is C26H17Br. The Labute approximate surface area is 167 Å². The van der Waals surface area contributed by atoms with Crippen LogP contribution in [-0.4, -0.2) is 0 Å². The van der Waals surface area contributed by atoms with Gasteiger partial charge in [-0.1, -0.05) is 101 Å². The molecule has 0 nitrogen and oxygen atoms in total. The van der Waals surface area contributed by atoms with Crippen LogP contribution in [0.3, 0.4) is 0 Å². The summed E-state index contributed by atoms with van der Waals surface area (Å²) in [5.74, 6) is 0. The second-order valence-corrected chi connectivity index (χ2v) is 7.66. The third-order valence-electron chi connectivity index (χ3n) is 5.12. The maximum absolute atomic E-state index is 3.61. The molecule has 5 aromatic rings. The molecule has 0 saturated heterocycles. The number of hydrogen-bond acceptors (Lipinski definition) is 0. The van der Waals surface area contributed by atoms with E-state index in [0.717, 1.165) is 4.47 Å². The summed E-state index contributed by atoms with van der Waals surface area (Å²) in [5, 5.41) is 5.17. The zero-order valence-corrected chi connectivity index (χ0v) is 16.3. The van der Waals surface area contributed by atoms with Gasteiger partial charge in [0.05, 0.1) is 0 Å². The van der Waals surface area contributed by atoms with Crippen LogP contribution in [-0.2, 0) is 0 Å². The molecule has 0 atom stereocenters. The third kappa shape index (κ3) is 2.85. The summed E-state index contributed by atoms with van der Waals surface area (Å²) in [5.41, 5.74) is 5.01. The lowest BCUT2D eigenvalue weighted by Crippen LogP contribution is -1.88. The van der Waals surface area contributed by atoms with Gasteiger partial charge >= 0.3 is 0 Å². The Hall–Kier alpha value is -2.90. The van der Waals surface area contributed by atoms with Gasteiger partial charge in [-0.15, -0.1) is 0 Å². The van der Waals surface area contributed by atoms with Crippen LogP contribution in [0.25, 0.3) is 43.8 Å². The Morgan fingerprint density at radius 2 is 1.11 bits per heavy atom. The van der Waals surface area contributed by atoms with Crippen molar-refractivity contribution in [2.24, 2.45) is 0 Å². The first-order valence-corrected chi connectivity index (χ1v) is 9.86. The molecule has 5 aromatic carbocycles. The highest BCUT2D eigenvalue weighted by atomic mass is 79.9. The van der Waals surface area contributed by atoms with Gasteiger partial charge in [0.2, 0.25) is 0 Å². The normalized spacial score (nSPS) is 11.1. The first-order valence-electron chi connectivity index (χ1n) is 9.07. The van der Waals surface area contributed by atoms with Crippen molar-refractivity contribution in [2.75, 3.05) is 0 Å². The lowest BCUT2D eigenvalue weighted by atomic mass is 9.89. The predicted molar refractivity (Wildman–Crippen MR) is 120 cm³/mol. The molecule has 128 valence electrons. The molecule has 5 rings (SSSR count). The largest absolute Gasteiger partial charge is 0.0616 e. The second kappa shape index (κ2) is 6.68. The van der Waals surface area contributed by atoms with Crippen molar-refractivity contribution in [3.63, 3.8) is 0 Å². The van der Waals surface area contributed by atoms with Gasteiger partial charge in [0.15, 0.2) is 0 Å². The van der Waals surface area contributed by atoms with Crippen molar-refractivity contribution in [1.82, 2.24) is 0 Å². The van der Waals surface area contributed by atoms with E-state index in [4.69, 9.17) is 0 Å². The number of fused-ring (bicyclic) bond motifs is 3. The Kier molecular flexibility index (Phi) is 4.03. The Balaban J connectivity index is 1.87. The van der Waals surface area contributed by atoms with Crippen LogP contribution in [0.15, 0.2) is 108 Å². The average molecular weight is 409 g/mol. The fourth-order valence-corrected chi connectivity index (χ4v) is 4.30. The number of hydrogen-bond donors (Lipinski definition) is 0. The molecule has 0 amide bonds. The van der Waals surface area contributed by atoms with Gasteiger partial charge in [-0.05, 0) is 62.0 Å². The van der Waals surface area contributed by atoms with Crippen molar-refractivity contribution in [3.8, 4) is 22.3 Å². The van der Waals surface area contributed by atoms with Gasteiger partial charge in [-0.2, -0.15) is 0 Å². The lowest BCUT2D eigenvalue weighted by molar-refractivity contribution is 1.58. The van der Waals surface area contributed by atoms with Crippen LogP contribution >= 0.6 is 15.9 Å². The molecule has 0 aliphatic carbocycles. The standard InChI is InChI=1S/C26H17Br/c27-20-10-7-9-18(16-20)21-12-3-4-14-24(21)26-17-19-8-1-2-11-22(19)23-13-5-6-15-25(23)26/h1-17H. The highest BCUT2D eigenvalue weighted by Crippen LogP contribution is 2.39. The molecule has 0 heterocycles. The van der Waals surface area contributed by atoms with E-state index in [9.17, 15) is 0 Å². The van der Waals surface area contributed by atoms with Crippen LogP contribution < -0.4 is 0 Å². The minimum atomic E-state index is 1.10. The minimum absolute atomic E-state index is 1.10. The third-order valence-corrected chi connectivity index (χ3v) is 5.61. The van der Waals surface area contributed by atoms with E-state index < -0.39 is 0 Å². The van der Waals surface area contributed by atoms with Gasteiger partial charge < -0.3 is 0 Å². The molecule has 0 bridgehead atoms. The summed E-state index contributed by atoms with van der Waals surface area (Å²) >= 11 is 3.61. The smallest absolute Gasteiger partial charge is 0.0181 e. The van der Waals surface area contributed by atoms with Gasteiger partial charge in [0.1, 0.15) is 0 Å². The zero-order valence-electron chi connectivity index (χ0n) is 14.7. The fourth-order valence-electron chi connectivity index (χ4n) is 3.90. The number of halogens is 1. The monoisotopic (exact) mass is 408 g/mol. The zero-order chi connectivity index (χ0) is 18.2. The van der Waals surface area contributed by atoms with Crippen LogP contribution in [0, 0.1) is 0 Å². The van der Waals surface area contributed by atoms with Crippen LogP contribution in [0.5, 0.6) is 0 Å². The Morgan fingerprint density at radius 1 is 0.444 bits per heavy atom. The molecule has 0 saturated carbocycles. The van der Waals surface area contributed by atoms with Crippen LogP contribution in [0.1, 0.15) is 0 Å². The summed E-state index contributed by atoms with van der Waals surface area (Å²) in [4.78, 5) is 0. The van der Waals surface area contributed by atoms with E-state index in [1.54, 1.807) is 0 Å². The topological polar surface area (TPSA) is 0 Å². The molecule has 0 spiro atoms. The van der Waals surface area contributed by atoms with Crippen molar-refractivity contribution in [1.29, 1.82) is 0 Å². The molecule has 0 aromatic heterocycles. The van der Waals surface area contributed by atoms with E-state index in [1.807, 2.05) is 0 Å². The molecular weight excluding hydrogens is 392 g/mol. The van der Waals surface area contributed by atoms with Gasteiger partial charge in [0.25, 0.3) is 0 Å². The van der Waals surface area contributed by atoms with Crippen LogP contribution in [0.4, 0.5) is 0 Å². The van der Waals surface area contributed by atoms with E-state index in [0.29, 0.717) is 0 Å². The first-order chi connectivity index (χ1) is 13.3. The maximum Gasteiger partial charge on any atom is 0.0181 e. The minimum Gasteiger partial charge on any atom is -0.0616 e. The Bertz CT molecular complexity index is 1280. The summed E-state index contributed by atoms with van der Waals surface area (Å²) in [6, 6.07) is 36.9. The molecule has 0 unspecified atom stereocenters. The maximum atomic E-state index is 3.61. The molecule has 1 heteroatoms. The quantitative estimate of drug-likeness (QED) is 0.259.